The van der Waals surface area contributed by atoms with Crippen LogP contribution in [0.5, 0.6) is 0 Å². The Bertz CT molecular complexity index is 899. The van der Waals surface area contributed by atoms with Crippen LogP contribution < -0.4 is 5.32 Å². The Morgan fingerprint density at radius 3 is 2.56 bits per heavy atom. The quantitative estimate of drug-likeness (QED) is 0.318. The highest BCUT2D eigenvalue weighted by molar-refractivity contribution is 9.10. The maximum absolute atomic E-state index is 13.6. The number of benzene rings is 2. The van der Waals surface area contributed by atoms with Crippen LogP contribution in [-0.2, 0) is 14.3 Å². The van der Waals surface area contributed by atoms with Gasteiger partial charge in [0.05, 0.1) is 4.92 Å². The molecular formula is C18H14BrFN2O5. The molecule has 0 saturated heterocycles. The lowest BCUT2D eigenvalue weighted by Gasteiger charge is -2.12. The van der Waals surface area contributed by atoms with Crippen molar-refractivity contribution in [3.8, 4) is 0 Å². The highest BCUT2D eigenvalue weighted by atomic mass is 79.9. The van der Waals surface area contributed by atoms with Crippen molar-refractivity contribution in [1.82, 2.24) is 0 Å². The molecule has 1 N–H and O–H groups in total. The molecule has 0 aliphatic rings. The van der Waals surface area contributed by atoms with Crippen molar-refractivity contribution in [1.29, 1.82) is 0 Å². The smallest absolute Gasteiger partial charge is 0.331 e. The molecule has 140 valence electrons. The van der Waals surface area contributed by atoms with Crippen molar-refractivity contribution in [2.24, 2.45) is 0 Å². The lowest BCUT2D eigenvalue weighted by molar-refractivity contribution is -0.384. The van der Waals surface area contributed by atoms with E-state index in [4.69, 9.17) is 4.74 Å². The van der Waals surface area contributed by atoms with Crippen LogP contribution in [0.2, 0.25) is 0 Å². The number of carbonyl (C=O) groups is 2. The molecule has 0 bridgehead atoms. The van der Waals surface area contributed by atoms with Crippen molar-refractivity contribution in [3.05, 3.63) is 74.5 Å². The molecule has 0 fully saturated rings. The highest BCUT2D eigenvalue weighted by Gasteiger charge is 2.17. The largest absolute Gasteiger partial charge is 0.449 e. The number of nitro benzene ring substituents is 1. The van der Waals surface area contributed by atoms with Gasteiger partial charge in [-0.05, 0) is 43.3 Å². The number of rotatable bonds is 6. The fourth-order valence-corrected chi connectivity index (χ4v) is 2.36. The van der Waals surface area contributed by atoms with E-state index < -0.39 is 28.7 Å². The summed E-state index contributed by atoms with van der Waals surface area (Å²) in [6.07, 6.45) is 1.13. The maximum Gasteiger partial charge on any atom is 0.331 e. The summed E-state index contributed by atoms with van der Waals surface area (Å²) in [6.45, 7) is 1.37. The second kappa shape index (κ2) is 9.04. The molecule has 2 rings (SSSR count). The number of amides is 1. The maximum atomic E-state index is 13.6. The van der Waals surface area contributed by atoms with Crippen LogP contribution >= 0.6 is 15.9 Å². The normalized spacial score (nSPS) is 11.8. The molecule has 0 aliphatic heterocycles. The van der Waals surface area contributed by atoms with E-state index >= 15 is 0 Å². The minimum absolute atomic E-state index is 0.114. The molecule has 2 aromatic carbocycles. The lowest BCUT2D eigenvalue weighted by atomic mass is 10.2. The van der Waals surface area contributed by atoms with E-state index in [1.165, 1.54) is 55.5 Å². The van der Waals surface area contributed by atoms with Gasteiger partial charge in [0.2, 0.25) is 0 Å². The average Bonchev–Trinajstić information content (AvgIpc) is 2.62. The van der Waals surface area contributed by atoms with Crippen LogP contribution in [0.15, 0.2) is 53.0 Å². The van der Waals surface area contributed by atoms with Crippen molar-refractivity contribution < 1.29 is 23.6 Å². The predicted octanol–water partition coefficient (Wildman–Crippen LogP) is 4.08. The second-order valence-corrected chi connectivity index (χ2v) is 6.29. The molecule has 9 heteroatoms. The van der Waals surface area contributed by atoms with Crippen LogP contribution in [0.25, 0.3) is 6.08 Å². The van der Waals surface area contributed by atoms with Gasteiger partial charge in [-0.3, -0.25) is 14.9 Å². The Morgan fingerprint density at radius 2 is 1.93 bits per heavy atom. The summed E-state index contributed by atoms with van der Waals surface area (Å²) in [6, 6.07) is 9.46. The summed E-state index contributed by atoms with van der Waals surface area (Å²) in [5, 5.41) is 13.1. The number of ether oxygens (including phenoxy) is 1. The van der Waals surface area contributed by atoms with E-state index in [1.54, 1.807) is 0 Å². The predicted molar refractivity (Wildman–Crippen MR) is 100 cm³/mol. The number of nitro groups is 1. The molecule has 0 aromatic heterocycles. The van der Waals surface area contributed by atoms with Gasteiger partial charge in [-0.15, -0.1) is 0 Å². The first kappa shape index (κ1) is 20.2. The molecule has 2 aromatic rings. The monoisotopic (exact) mass is 436 g/mol. The van der Waals surface area contributed by atoms with Gasteiger partial charge >= 0.3 is 5.97 Å². The molecule has 1 atom stereocenters. The van der Waals surface area contributed by atoms with Crippen molar-refractivity contribution in [2.75, 3.05) is 5.32 Å². The molecular weight excluding hydrogens is 423 g/mol. The molecule has 0 radical (unpaired) electrons. The van der Waals surface area contributed by atoms with Crippen LogP contribution in [-0.4, -0.2) is 22.9 Å². The zero-order chi connectivity index (χ0) is 20.0. The molecule has 0 saturated carbocycles. The zero-order valence-corrected chi connectivity index (χ0v) is 15.6. The van der Waals surface area contributed by atoms with Crippen molar-refractivity contribution in [3.63, 3.8) is 0 Å². The molecule has 1 unspecified atom stereocenters. The van der Waals surface area contributed by atoms with Crippen molar-refractivity contribution in [2.45, 2.75) is 13.0 Å². The van der Waals surface area contributed by atoms with E-state index in [-0.39, 0.29) is 11.3 Å². The minimum atomic E-state index is -1.12. The number of carbonyl (C=O) groups excluding carboxylic acids is 2. The number of hydrogen-bond acceptors (Lipinski definition) is 5. The van der Waals surface area contributed by atoms with Gasteiger partial charge in [0.25, 0.3) is 11.6 Å². The first-order valence-corrected chi connectivity index (χ1v) is 8.44. The number of nitrogens with one attached hydrogen (secondary N) is 1. The van der Waals surface area contributed by atoms with E-state index in [0.29, 0.717) is 10.2 Å². The van der Waals surface area contributed by atoms with Gasteiger partial charge in [-0.1, -0.05) is 15.9 Å². The summed E-state index contributed by atoms with van der Waals surface area (Å²) < 4.78 is 19.2. The standard InChI is InChI=1S/C18H14BrFN2O5/c1-11(18(24)21-14-4-6-15(7-5-14)22(25)26)27-17(23)9-2-12-10-13(19)3-8-16(12)20/h2-11H,1H3,(H,21,24)/b9-2+. The molecule has 1 amide bonds. The van der Waals surface area contributed by atoms with Crippen molar-refractivity contribution >= 4 is 45.3 Å². The second-order valence-electron chi connectivity index (χ2n) is 5.37. The number of non-ortho nitro benzene ring substituents is 1. The molecule has 0 heterocycles. The van der Waals surface area contributed by atoms with Crippen LogP contribution in [0.1, 0.15) is 12.5 Å². The number of anilines is 1. The van der Waals surface area contributed by atoms with Gasteiger partial charge < -0.3 is 10.1 Å². The first-order chi connectivity index (χ1) is 12.8. The van der Waals surface area contributed by atoms with Crippen LogP contribution in [0, 0.1) is 15.9 Å². The third kappa shape index (κ3) is 6.00. The third-order valence-electron chi connectivity index (χ3n) is 3.36. The Balaban J connectivity index is 1.93. The van der Waals surface area contributed by atoms with E-state index in [1.807, 2.05) is 0 Å². The lowest BCUT2D eigenvalue weighted by Crippen LogP contribution is -2.29. The first-order valence-electron chi connectivity index (χ1n) is 7.65. The van der Waals surface area contributed by atoms with Gasteiger partial charge in [0.15, 0.2) is 6.10 Å². The minimum Gasteiger partial charge on any atom is -0.449 e. The number of hydrogen-bond donors (Lipinski definition) is 1. The highest BCUT2D eigenvalue weighted by Crippen LogP contribution is 2.17. The summed E-state index contributed by atoms with van der Waals surface area (Å²) >= 11 is 3.20. The van der Waals surface area contributed by atoms with Gasteiger partial charge in [0.1, 0.15) is 5.82 Å². The molecule has 0 aliphatic carbocycles. The fraction of sp³-hybridized carbons (Fsp3) is 0.111. The Labute approximate surface area is 162 Å². The third-order valence-corrected chi connectivity index (χ3v) is 3.86. The SMILES string of the molecule is CC(OC(=O)/C=C/c1cc(Br)ccc1F)C(=O)Nc1ccc([N+](=O)[O-])cc1. The molecule has 27 heavy (non-hydrogen) atoms. The Hall–Kier alpha value is -3.07. The van der Waals surface area contributed by atoms with Crippen LogP contribution in [0.4, 0.5) is 15.8 Å². The molecule has 7 nitrogen and oxygen atoms in total. The van der Waals surface area contributed by atoms with E-state index in [2.05, 4.69) is 21.2 Å². The van der Waals surface area contributed by atoms with Gasteiger partial charge in [-0.25, -0.2) is 9.18 Å². The van der Waals surface area contributed by atoms with Gasteiger partial charge in [0, 0.05) is 33.9 Å². The summed E-state index contributed by atoms with van der Waals surface area (Å²) in [5.41, 5.74) is 0.391. The topological polar surface area (TPSA) is 98.5 Å². The average molecular weight is 437 g/mol. The van der Waals surface area contributed by atoms with E-state index in [0.717, 1.165) is 6.08 Å². The van der Waals surface area contributed by atoms with Crippen LogP contribution in [0.3, 0.4) is 0 Å². The summed E-state index contributed by atoms with van der Waals surface area (Å²) in [4.78, 5) is 33.9. The summed E-state index contributed by atoms with van der Waals surface area (Å²) in [5.74, 6) is -1.94. The number of esters is 1. The zero-order valence-electron chi connectivity index (χ0n) is 14.0. The number of nitrogens with zero attached hydrogens (tertiary/aromatic N) is 1. The number of halogens is 2. The molecule has 0 spiro atoms. The Morgan fingerprint density at radius 1 is 1.26 bits per heavy atom. The van der Waals surface area contributed by atoms with E-state index in [9.17, 15) is 24.1 Å². The fourth-order valence-electron chi connectivity index (χ4n) is 1.98. The summed E-state index contributed by atoms with van der Waals surface area (Å²) in [7, 11) is 0. The Kier molecular flexibility index (Phi) is 6.78. The van der Waals surface area contributed by atoms with Gasteiger partial charge in [-0.2, -0.15) is 0 Å².